The molecule has 15 heavy (non-hydrogen) atoms. The average molecular weight is 224 g/mol. The highest BCUT2D eigenvalue weighted by Gasteiger charge is 2.12. The minimum atomic E-state index is 0.704. The maximum atomic E-state index is 3.53. The summed E-state index contributed by atoms with van der Waals surface area (Å²) < 4.78 is 0. The summed E-state index contributed by atoms with van der Waals surface area (Å²) in [6, 6.07) is 5.20. The summed E-state index contributed by atoms with van der Waals surface area (Å²) in [5.74, 6) is 0. The Labute approximate surface area is 96.1 Å². The van der Waals surface area contributed by atoms with Gasteiger partial charge in [-0.1, -0.05) is 6.92 Å². The van der Waals surface area contributed by atoms with Gasteiger partial charge < -0.3 is 10.6 Å². The van der Waals surface area contributed by atoms with E-state index in [-0.39, 0.29) is 0 Å². The fourth-order valence-corrected chi connectivity index (χ4v) is 2.94. The van der Waals surface area contributed by atoms with Gasteiger partial charge in [0.05, 0.1) is 0 Å². The number of rotatable bonds is 5. The number of aryl methyl sites for hydroxylation is 1. The number of hydrogen-bond donors (Lipinski definition) is 2. The van der Waals surface area contributed by atoms with Gasteiger partial charge in [-0.15, -0.1) is 11.3 Å². The topological polar surface area (TPSA) is 24.1 Å². The SMILES string of the molecule is CCc1ccc(CNCC2CCCN2)s1. The highest BCUT2D eigenvalue weighted by atomic mass is 32.1. The third-order valence-electron chi connectivity index (χ3n) is 2.92. The molecule has 2 rings (SSSR count). The Morgan fingerprint density at radius 3 is 3.00 bits per heavy atom. The van der Waals surface area contributed by atoms with E-state index in [1.54, 1.807) is 0 Å². The zero-order valence-electron chi connectivity index (χ0n) is 9.38. The van der Waals surface area contributed by atoms with Crippen LogP contribution in [0.25, 0.3) is 0 Å². The highest BCUT2D eigenvalue weighted by Crippen LogP contribution is 2.16. The van der Waals surface area contributed by atoms with Crippen LogP contribution >= 0.6 is 11.3 Å². The number of hydrogen-bond acceptors (Lipinski definition) is 3. The molecule has 1 aliphatic rings. The van der Waals surface area contributed by atoms with Crippen LogP contribution in [0.5, 0.6) is 0 Å². The van der Waals surface area contributed by atoms with Crippen LogP contribution in [-0.2, 0) is 13.0 Å². The van der Waals surface area contributed by atoms with Crippen molar-refractivity contribution in [3.63, 3.8) is 0 Å². The highest BCUT2D eigenvalue weighted by molar-refractivity contribution is 7.11. The molecule has 1 fully saturated rings. The summed E-state index contributed by atoms with van der Waals surface area (Å²) in [5.41, 5.74) is 0. The van der Waals surface area contributed by atoms with Crippen molar-refractivity contribution in [3.8, 4) is 0 Å². The Hall–Kier alpha value is -0.380. The molecular weight excluding hydrogens is 204 g/mol. The van der Waals surface area contributed by atoms with Gasteiger partial charge in [0.25, 0.3) is 0 Å². The molecule has 1 saturated heterocycles. The van der Waals surface area contributed by atoms with Gasteiger partial charge in [0.1, 0.15) is 0 Å². The van der Waals surface area contributed by atoms with Crippen LogP contribution in [0.4, 0.5) is 0 Å². The molecule has 0 saturated carbocycles. The van der Waals surface area contributed by atoms with Crippen molar-refractivity contribution in [2.75, 3.05) is 13.1 Å². The van der Waals surface area contributed by atoms with Gasteiger partial charge in [0, 0.05) is 28.9 Å². The second-order valence-electron chi connectivity index (χ2n) is 4.15. The van der Waals surface area contributed by atoms with E-state index in [0.29, 0.717) is 6.04 Å². The molecular formula is C12H20N2S. The molecule has 2 nitrogen and oxygen atoms in total. The van der Waals surface area contributed by atoms with Crippen molar-refractivity contribution in [1.82, 2.24) is 10.6 Å². The largest absolute Gasteiger partial charge is 0.313 e. The van der Waals surface area contributed by atoms with Gasteiger partial charge in [0.15, 0.2) is 0 Å². The van der Waals surface area contributed by atoms with Crippen molar-refractivity contribution >= 4 is 11.3 Å². The van der Waals surface area contributed by atoms with Crippen LogP contribution < -0.4 is 10.6 Å². The molecule has 1 aromatic heterocycles. The first-order chi connectivity index (χ1) is 7.38. The lowest BCUT2D eigenvalue weighted by molar-refractivity contribution is 0.537. The van der Waals surface area contributed by atoms with E-state index in [1.807, 2.05) is 11.3 Å². The number of thiophene rings is 1. The maximum Gasteiger partial charge on any atom is 0.0300 e. The first kappa shape index (κ1) is 11.1. The standard InChI is InChI=1S/C12H20N2S/c1-2-11-5-6-12(15-11)9-13-8-10-4-3-7-14-10/h5-6,10,13-14H,2-4,7-9H2,1H3. The summed E-state index contributed by atoms with van der Waals surface area (Å²) in [6.07, 6.45) is 3.83. The number of nitrogens with one attached hydrogen (secondary N) is 2. The van der Waals surface area contributed by atoms with Crippen LogP contribution in [0.1, 0.15) is 29.5 Å². The Morgan fingerprint density at radius 2 is 2.33 bits per heavy atom. The molecule has 2 N–H and O–H groups in total. The van der Waals surface area contributed by atoms with Crippen molar-refractivity contribution in [1.29, 1.82) is 0 Å². The summed E-state index contributed by atoms with van der Waals surface area (Å²) in [5, 5.41) is 7.03. The predicted octanol–water partition coefficient (Wildman–Crippen LogP) is 2.15. The molecule has 84 valence electrons. The van der Waals surface area contributed by atoms with E-state index in [9.17, 15) is 0 Å². The quantitative estimate of drug-likeness (QED) is 0.801. The van der Waals surface area contributed by atoms with Crippen molar-refractivity contribution in [2.45, 2.75) is 38.8 Å². The van der Waals surface area contributed by atoms with E-state index in [4.69, 9.17) is 0 Å². The Morgan fingerprint density at radius 1 is 1.47 bits per heavy atom. The maximum absolute atomic E-state index is 3.53. The normalized spacial score (nSPS) is 21.0. The first-order valence-corrected chi connectivity index (χ1v) is 6.72. The van der Waals surface area contributed by atoms with Crippen molar-refractivity contribution in [3.05, 3.63) is 21.9 Å². The summed E-state index contributed by atoms with van der Waals surface area (Å²) in [7, 11) is 0. The van der Waals surface area contributed by atoms with Gasteiger partial charge in [-0.05, 0) is 37.9 Å². The first-order valence-electron chi connectivity index (χ1n) is 5.90. The Balaban J connectivity index is 1.68. The summed E-state index contributed by atoms with van der Waals surface area (Å²) in [4.78, 5) is 2.95. The molecule has 0 amide bonds. The smallest absolute Gasteiger partial charge is 0.0300 e. The summed E-state index contributed by atoms with van der Waals surface area (Å²) >= 11 is 1.93. The van der Waals surface area contributed by atoms with Gasteiger partial charge in [-0.25, -0.2) is 0 Å². The fraction of sp³-hybridized carbons (Fsp3) is 0.667. The second-order valence-corrected chi connectivity index (χ2v) is 5.40. The van der Waals surface area contributed by atoms with Gasteiger partial charge in [-0.2, -0.15) is 0 Å². The van der Waals surface area contributed by atoms with Crippen molar-refractivity contribution < 1.29 is 0 Å². The lowest BCUT2D eigenvalue weighted by Crippen LogP contribution is -2.33. The lowest BCUT2D eigenvalue weighted by atomic mass is 10.2. The van der Waals surface area contributed by atoms with Crippen molar-refractivity contribution in [2.24, 2.45) is 0 Å². The zero-order valence-corrected chi connectivity index (χ0v) is 10.2. The Bertz CT molecular complexity index is 290. The van der Waals surface area contributed by atoms with Gasteiger partial charge >= 0.3 is 0 Å². The molecule has 0 aliphatic carbocycles. The summed E-state index contributed by atoms with van der Waals surface area (Å²) in [6.45, 7) is 5.55. The average Bonchev–Trinajstić information content (AvgIpc) is 2.88. The molecule has 1 aliphatic heterocycles. The monoisotopic (exact) mass is 224 g/mol. The molecule has 1 aromatic rings. The Kier molecular flexibility index (Phi) is 4.18. The minimum absolute atomic E-state index is 0.704. The van der Waals surface area contributed by atoms with Crippen LogP contribution in [0.15, 0.2) is 12.1 Å². The van der Waals surface area contributed by atoms with Crippen LogP contribution in [-0.4, -0.2) is 19.1 Å². The van der Waals surface area contributed by atoms with Crippen LogP contribution in [0.2, 0.25) is 0 Å². The molecule has 1 atom stereocenters. The minimum Gasteiger partial charge on any atom is -0.313 e. The molecule has 0 bridgehead atoms. The third kappa shape index (κ3) is 3.30. The lowest BCUT2D eigenvalue weighted by Gasteiger charge is -2.10. The predicted molar refractivity (Wildman–Crippen MR) is 66.4 cm³/mol. The van der Waals surface area contributed by atoms with Gasteiger partial charge in [0.2, 0.25) is 0 Å². The van der Waals surface area contributed by atoms with Crippen LogP contribution in [0, 0.1) is 0 Å². The molecule has 2 heterocycles. The molecule has 3 heteroatoms. The molecule has 1 unspecified atom stereocenters. The van der Waals surface area contributed by atoms with Crippen LogP contribution in [0.3, 0.4) is 0 Å². The molecule has 0 aromatic carbocycles. The fourth-order valence-electron chi connectivity index (χ4n) is 2.01. The van der Waals surface area contributed by atoms with E-state index in [0.717, 1.165) is 19.5 Å². The van der Waals surface area contributed by atoms with E-state index in [2.05, 4.69) is 29.7 Å². The van der Waals surface area contributed by atoms with E-state index >= 15 is 0 Å². The third-order valence-corrected chi connectivity index (χ3v) is 4.15. The van der Waals surface area contributed by atoms with Gasteiger partial charge in [-0.3, -0.25) is 0 Å². The zero-order chi connectivity index (χ0) is 10.5. The second kappa shape index (κ2) is 5.64. The molecule has 0 spiro atoms. The van der Waals surface area contributed by atoms with E-state index < -0.39 is 0 Å². The van der Waals surface area contributed by atoms with E-state index in [1.165, 1.54) is 29.1 Å². The molecule has 0 radical (unpaired) electrons.